The van der Waals surface area contributed by atoms with Crippen molar-refractivity contribution < 1.29 is 9.26 Å². The van der Waals surface area contributed by atoms with Gasteiger partial charge >= 0.3 is 0 Å². The van der Waals surface area contributed by atoms with Crippen molar-refractivity contribution in [3.05, 3.63) is 11.7 Å². The molecule has 0 spiro atoms. The smallest absolute Gasteiger partial charge is 0.228 e. The summed E-state index contributed by atoms with van der Waals surface area (Å²) in [5.74, 6) is 2.96. The molecule has 0 aromatic carbocycles. The second-order valence-electron chi connectivity index (χ2n) is 5.92. The van der Waals surface area contributed by atoms with Gasteiger partial charge in [-0.05, 0) is 25.3 Å². The van der Waals surface area contributed by atoms with E-state index in [1.54, 1.807) is 7.11 Å². The van der Waals surface area contributed by atoms with Gasteiger partial charge in [-0.3, -0.25) is 0 Å². The summed E-state index contributed by atoms with van der Waals surface area (Å²) < 4.78 is 10.6. The Balaban J connectivity index is 1.90. The van der Waals surface area contributed by atoms with Crippen molar-refractivity contribution in [2.45, 2.75) is 57.9 Å². The summed E-state index contributed by atoms with van der Waals surface area (Å²) in [6.45, 7) is 5.98. The lowest BCUT2D eigenvalue weighted by atomic mass is 9.83. The molecule has 1 N–H and O–H groups in total. The minimum Gasteiger partial charge on any atom is -0.383 e. The van der Waals surface area contributed by atoms with Crippen LogP contribution in [0.25, 0.3) is 0 Å². The number of nitrogens with one attached hydrogen (secondary N) is 1. The highest BCUT2D eigenvalue weighted by Crippen LogP contribution is 2.34. The molecule has 1 aromatic rings. The van der Waals surface area contributed by atoms with E-state index in [1.807, 2.05) is 0 Å². The Hall–Kier alpha value is -0.940. The number of hydrogen-bond donors (Lipinski definition) is 1. The highest BCUT2D eigenvalue weighted by molar-refractivity contribution is 4.98. The second kappa shape index (κ2) is 7.74. The van der Waals surface area contributed by atoms with Crippen LogP contribution in [-0.2, 0) is 11.2 Å². The Morgan fingerprint density at radius 3 is 2.75 bits per heavy atom. The summed E-state index contributed by atoms with van der Waals surface area (Å²) in [6, 6.07) is 0.240. The molecule has 0 amide bonds. The van der Waals surface area contributed by atoms with E-state index in [1.165, 1.54) is 25.7 Å². The van der Waals surface area contributed by atoms with Gasteiger partial charge in [0, 0.05) is 25.5 Å². The van der Waals surface area contributed by atoms with Gasteiger partial charge in [0.25, 0.3) is 0 Å². The van der Waals surface area contributed by atoms with Crippen molar-refractivity contribution in [3.63, 3.8) is 0 Å². The molecule has 0 saturated heterocycles. The summed E-state index contributed by atoms with van der Waals surface area (Å²) in [7, 11) is 1.72. The maximum atomic E-state index is 5.41. The van der Waals surface area contributed by atoms with Gasteiger partial charge in [-0.25, -0.2) is 0 Å². The first-order valence-corrected chi connectivity index (χ1v) is 7.77. The number of nitrogens with zero attached hydrogens (tertiary/aromatic N) is 2. The molecule has 1 unspecified atom stereocenters. The molecule has 0 radical (unpaired) electrons. The normalized spacial score (nSPS) is 24.8. The van der Waals surface area contributed by atoms with Gasteiger partial charge in [-0.15, -0.1) is 0 Å². The topological polar surface area (TPSA) is 60.2 Å². The number of methoxy groups -OCH3 is 1. The fourth-order valence-corrected chi connectivity index (χ4v) is 2.93. The Kier molecular flexibility index (Phi) is 5.98. The Bertz CT molecular complexity index is 380. The fourth-order valence-electron chi connectivity index (χ4n) is 2.93. The van der Waals surface area contributed by atoms with Crippen molar-refractivity contribution in [1.29, 1.82) is 0 Å². The molecule has 2 rings (SSSR count). The van der Waals surface area contributed by atoms with Crippen LogP contribution in [0.2, 0.25) is 0 Å². The summed E-state index contributed by atoms with van der Waals surface area (Å²) in [5, 5.41) is 7.56. The molecular weight excluding hydrogens is 254 g/mol. The van der Waals surface area contributed by atoms with E-state index in [9.17, 15) is 0 Å². The highest BCUT2D eigenvalue weighted by atomic mass is 16.5. The lowest BCUT2D eigenvalue weighted by Crippen LogP contribution is -2.35. The predicted octanol–water partition coefficient (Wildman–Crippen LogP) is 2.53. The standard InChI is InChI=1S/C15H27N3O2/c1-4-16-13(10-19-3)9-14-17-15(18-20-14)12-7-5-11(2)6-8-12/h11-13,16H,4-10H2,1-3H3. The summed E-state index contributed by atoms with van der Waals surface area (Å²) in [4.78, 5) is 4.59. The first-order valence-electron chi connectivity index (χ1n) is 7.77. The first-order chi connectivity index (χ1) is 9.72. The molecule has 1 fully saturated rings. The van der Waals surface area contributed by atoms with Crippen molar-refractivity contribution in [2.24, 2.45) is 5.92 Å². The molecule has 0 aliphatic heterocycles. The van der Waals surface area contributed by atoms with Crippen LogP contribution in [0.5, 0.6) is 0 Å². The van der Waals surface area contributed by atoms with Crippen LogP contribution in [0.1, 0.15) is 57.2 Å². The minimum atomic E-state index is 0.240. The van der Waals surface area contributed by atoms with Crippen LogP contribution in [0.4, 0.5) is 0 Å². The van der Waals surface area contributed by atoms with Gasteiger partial charge in [0.1, 0.15) is 0 Å². The molecule has 5 nitrogen and oxygen atoms in total. The highest BCUT2D eigenvalue weighted by Gasteiger charge is 2.24. The average Bonchev–Trinajstić information content (AvgIpc) is 2.89. The van der Waals surface area contributed by atoms with Gasteiger partial charge in [0.15, 0.2) is 5.82 Å². The molecule has 1 aliphatic rings. The molecule has 1 aliphatic carbocycles. The largest absolute Gasteiger partial charge is 0.383 e. The zero-order valence-corrected chi connectivity index (χ0v) is 12.9. The predicted molar refractivity (Wildman–Crippen MR) is 77.7 cm³/mol. The third-order valence-electron chi connectivity index (χ3n) is 4.15. The van der Waals surface area contributed by atoms with Crippen molar-refractivity contribution in [2.75, 3.05) is 20.3 Å². The van der Waals surface area contributed by atoms with E-state index in [4.69, 9.17) is 9.26 Å². The number of rotatable bonds is 7. The third-order valence-corrected chi connectivity index (χ3v) is 4.15. The van der Waals surface area contributed by atoms with Crippen molar-refractivity contribution in [3.8, 4) is 0 Å². The molecule has 5 heteroatoms. The number of ether oxygens (including phenoxy) is 1. The van der Waals surface area contributed by atoms with E-state index in [0.717, 1.165) is 30.6 Å². The average molecular weight is 281 g/mol. The van der Waals surface area contributed by atoms with E-state index in [-0.39, 0.29) is 6.04 Å². The van der Waals surface area contributed by atoms with E-state index >= 15 is 0 Å². The summed E-state index contributed by atoms with van der Waals surface area (Å²) in [6.07, 6.45) is 5.66. The Labute approximate surface area is 121 Å². The SMILES string of the molecule is CCNC(COC)Cc1nc(C2CCC(C)CC2)no1. The summed E-state index contributed by atoms with van der Waals surface area (Å²) >= 11 is 0. The maximum absolute atomic E-state index is 5.41. The lowest BCUT2D eigenvalue weighted by molar-refractivity contribution is 0.162. The monoisotopic (exact) mass is 281 g/mol. The zero-order chi connectivity index (χ0) is 14.4. The molecule has 1 saturated carbocycles. The van der Waals surface area contributed by atoms with E-state index in [2.05, 4.69) is 29.3 Å². The summed E-state index contributed by atoms with van der Waals surface area (Å²) in [5.41, 5.74) is 0. The van der Waals surface area contributed by atoms with Gasteiger partial charge in [-0.1, -0.05) is 31.8 Å². The van der Waals surface area contributed by atoms with Gasteiger partial charge in [0.05, 0.1) is 6.61 Å². The maximum Gasteiger partial charge on any atom is 0.228 e. The van der Waals surface area contributed by atoms with Crippen molar-refractivity contribution >= 4 is 0 Å². The molecule has 1 aromatic heterocycles. The van der Waals surface area contributed by atoms with Crippen LogP contribution in [-0.4, -0.2) is 36.4 Å². The third kappa shape index (κ3) is 4.28. The quantitative estimate of drug-likeness (QED) is 0.832. The van der Waals surface area contributed by atoms with Gasteiger partial charge in [-0.2, -0.15) is 4.98 Å². The van der Waals surface area contributed by atoms with Crippen LogP contribution in [0, 0.1) is 5.92 Å². The van der Waals surface area contributed by atoms with Crippen molar-refractivity contribution in [1.82, 2.24) is 15.5 Å². The Morgan fingerprint density at radius 2 is 2.10 bits per heavy atom. The molecule has 1 atom stereocenters. The number of hydrogen-bond acceptors (Lipinski definition) is 5. The number of likely N-dealkylation sites (N-methyl/N-ethyl adjacent to an activating group) is 1. The molecule has 20 heavy (non-hydrogen) atoms. The lowest BCUT2D eigenvalue weighted by Gasteiger charge is -2.23. The van der Waals surface area contributed by atoms with Crippen LogP contribution >= 0.6 is 0 Å². The molecule has 114 valence electrons. The number of aromatic nitrogens is 2. The first kappa shape index (κ1) is 15.4. The van der Waals surface area contributed by atoms with Crippen LogP contribution in [0.3, 0.4) is 0 Å². The van der Waals surface area contributed by atoms with Gasteiger partial charge in [0.2, 0.25) is 5.89 Å². The Morgan fingerprint density at radius 1 is 1.35 bits per heavy atom. The van der Waals surface area contributed by atoms with E-state index in [0.29, 0.717) is 12.5 Å². The van der Waals surface area contributed by atoms with Gasteiger partial charge < -0.3 is 14.6 Å². The minimum absolute atomic E-state index is 0.240. The molecule has 1 heterocycles. The zero-order valence-electron chi connectivity index (χ0n) is 12.9. The van der Waals surface area contributed by atoms with E-state index < -0.39 is 0 Å². The molecule has 0 bridgehead atoms. The van der Waals surface area contributed by atoms with Crippen LogP contribution < -0.4 is 5.32 Å². The second-order valence-corrected chi connectivity index (χ2v) is 5.92. The van der Waals surface area contributed by atoms with Crippen LogP contribution in [0.15, 0.2) is 4.52 Å². The molecular formula is C15H27N3O2. The fraction of sp³-hybridized carbons (Fsp3) is 0.867.